The number of fused-ring (bicyclic) bond motifs is 4. The molecule has 0 atom stereocenters. The molecule has 0 unspecified atom stereocenters. The van der Waals surface area contributed by atoms with Crippen molar-refractivity contribution in [3.63, 3.8) is 0 Å². The van der Waals surface area contributed by atoms with E-state index in [4.69, 9.17) is 0 Å². The fourth-order valence-electron chi connectivity index (χ4n) is 8.96. The van der Waals surface area contributed by atoms with Gasteiger partial charge in [-0.15, -0.1) is 5.54 Å². The van der Waals surface area contributed by atoms with E-state index in [0.29, 0.717) is 0 Å². The summed E-state index contributed by atoms with van der Waals surface area (Å²) in [5.41, 5.74) is 22.8. The Balaban J connectivity index is 0.975. The van der Waals surface area contributed by atoms with E-state index in [1.165, 1.54) is 77.5 Å². The van der Waals surface area contributed by atoms with Crippen molar-refractivity contribution in [3.05, 3.63) is 223 Å². The van der Waals surface area contributed by atoms with Crippen LogP contribution in [-0.4, -0.2) is 8.07 Å². The van der Waals surface area contributed by atoms with Gasteiger partial charge < -0.3 is 4.90 Å². The van der Waals surface area contributed by atoms with Crippen LogP contribution in [-0.2, 0) is 5.41 Å². The Kier molecular flexibility index (Phi) is 9.87. The first-order valence-corrected chi connectivity index (χ1v) is 25.2. The standard InChI is InChI=1S/C60H49NSi/c1-60(2)58-40-52(51-24-23-44-13-9-10-14-50(44)39-51)29-35-56(58)57-36-34-55(41-59(57)60)61(53-30-25-48(26-31-53)43-11-7-6-8-12-43)54-32-27-49(28-33-54)47-21-19-46(20-22-47)45-17-15-42(16-18-45)37-38-62(3,4)5/h6-36,39-41H,1-5H3. The van der Waals surface area contributed by atoms with E-state index >= 15 is 0 Å². The Labute approximate surface area is 368 Å². The van der Waals surface area contributed by atoms with Gasteiger partial charge in [0.2, 0.25) is 0 Å². The minimum atomic E-state index is -1.42. The summed E-state index contributed by atoms with van der Waals surface area (Å²) < 4.78 is 0. The van der Waals surface area contributed by atoms with E-state index < -0.39 is 8.07 Å². The zero-order chi connectivity index (χ0) is 42.4. The molecule has 298 valence electrons. The lowest BCUT2D eigenvalue weighted by Gasteiger charge is -2.28. The summed E-state index contributed by atoms with van der Waals surface area (Å²) in [5, 5.41) is 2.53. The molecule has 0 radical (unpaired) electrons. The lowest BCUT2D eigenvalue weighted by Crippen LogP contribution is -2.16. The quantitative estimate of drug-likeness (QED) is 0.114. The van der Waals surface area contributed by atoms with Crippen LogP contribution >= 0.6 is 0 Å². The highest BCUT2D eigenvalue weighted by Crippen LogP contribution is 2.52. The Hall–Kier alpha value is -7.18. The molecule has 0 saturated carbocycles. The third kappa shape index (κ3) is 7.58. The zero-order valence-corrected chi connectivity index (χ0v) is 37.1. The summed E-state index contributed by atoms with van der Waals surface area (Å²) in [4.78, 5) is 2.40. The number of anilines is 3. The van der Waals surface area contributed by atoms with Crippen LogP contribution < -0.4 is 4.90 Å². The van der Waals surface area contributed by atoms with Crippen molar-refractivity contribution < 1.29 is 0 Å². The summed E-state index contributed by atoms with van der Waals surface area (Å²) in [5.74, 6) is 3.37. The number of hydrogen-bond acceptors (Lipinski definition) is 1. The predicted molar refractivity (Wildman–Crippen MR) is 268 cm³/mol. The summed E-state index contributed by atoms with van der Waals surface area (Å²) >= 11 is 0. The maximum Gasteiger partial charge on any atom is 0.129 e. The second kappa shape index (κ2) is 15.7. The second-order valence-corrected chi connectivity index (χ2v) is 22.9. The third-order valence-electron chi connectivity index (χ3n) is 12.4. The van der Waals surface area contributed by atoms with Crippen molar-refractivity contribution in [1.29, 1.82) is 0 Å². The molecule has 2 heteroatoms. The van der Waals surface area contributed by atoms with Crippen LogP contribution in [0.2, 0.25) is 19.6 Å². The molecule has 0 N–H and O–H groups in total. The summed E-state index contributed by atoms with van der Waals surface area (Å²) in [6, 6.07) is 75.7. The van der Waals surface area contributed by atoms with E-state index in [2.05, 4.69) is 256 Å². The van der Waals surface area contributed by atoms with Gasteiger partial charge >= 0.3 is 0 Å². The van der Waals surface area contributed by atoms with Gasteiger partial charge in [-0.1, -0.05) is 185 Å². The maximum atomic E-state index is 3.47. The topological polar surface area (TPSA) is 3.24 Å². The molecule has 1 aliphatic rings. The number of nitrogens with zero attached hydrogens (tertiary/aromatic N) is 1. The fraction of sp³-hybridized carbons (Fsp3) is 0.100. The van der Waals surface area contributed by atoms with Gasteiger partial charge in [0.25, 0.3) is 0 Å². The molecular weight excluding hydrogens is 763 g/mol. The number of benzene rings is 9. The first-order valence-electron chi connectivity index (χ1n) is 21.7. The summed E-state index contributed by atoms with van der Waals surface area (Å²) in [6.07, 6.45) is 0. The Morgan fingerprint density at radius 3 is 1.37 bits per heavy atom. The van der Waals surface area contributed by atoms with Crippen LogP contribution in [0.5, 0.6) is 0 Å². The van der Waals surface area contributed by atoms with Gasteiger partial charge in [-0.2, -0.15) is 0 Å². The lowest BCUT2D eigenvalue weighted by atomic mass is 9.81. The van der Waals surface area contributed by atoms with Crippen molar-refractivity contribution in [2.24, 2.45) is 0 Å². The minimum Gasteiger partial charge on any atom is -0.310 e. The van der Waals surface area contributed by atoms with Crippen molar-refractivity contribution in [1.82, 2.24) is 0 Å². The van der Waals surface area contributed by atoms with Gasteiger partial charge in [0, 0.05) is 28.0 Å². The highest BCUT2D eigenvalue weighted by atomic mass is 28.3. The van der Waals surface area contributed by atoms with Gasteiger partial charge in [-0.05, 0) is 138 Å². The van der Waals surface area contributed by atoms with E-state index in [0.717, 1.165) is 22.6 Å². The molecule has 62 heavy (non-hydrogen) atoms. The molecular formula is C60H49NSi. The third-order valence-corrected chi connectivity index (χ3v) is 13.3. The largest absolute Gasteiger partial charge is 0.310 e. The van der Waals surface area contributed by atoms with Crippen molar-refractivity contribution in [2.45, 2.75) is 38.9 Å². The van der Waals surface area contributed by atoms with Crippen LogP contribution in [0, 0.1) is 11.5 Å². The van der Waals surface area contributed by atoms with E-state index in [1.54, 1.807) is 0 Å². The predicted octanol–water partition coefficient (Wildman–Crippen LogP) is 16.5. The first kappa shape index (κ1) is 39.0. The monoisotopic (exact) mass is 811 g/mol. The Morgan fingerprint density at radius 1 is 0.371 bits per heavy atom. The van der Waals surface area contributed by atoms with E-state index in [9.17, 15) is 0 Å². The van der Waals surface area contributed by atoms with Crippen molar-refractivity contribution in [3.8, 4) is 67.1 Å². The first-order chi connectivity index (χ1) is 30.1. The van der Waals surface area contributed by atoms with Gasteiger partial charge in [0.15, 0.2) is 0 Å². The molecule has 0 bridgehead atoms. The SMILES string of the molecule is CC1(C)c2cc(-c3ccc4ccccc4c3)ccc2-c2ccc(N(c3ccc(-c4ccccc4)cc3)c3ccc(-c4ccc(-c5ccc(C#C[Si](C)(C)C)cc5)cc4)cc3)cc21. The maximum absolute atomic E-state index is 3.47. The van der Waals surface area contributed by atoms with Gasteiger partial charge in [-0.3, -0.25) is 0 Å². The average Bonchev–Trinajstić information content (AvgIpc) is 3.53. The fourth-order valence-corrected chi connectivity index (χ4v) is 9.48. The smallest absolute Gasteiger partial charge is 0.129 e. The summed E-state index contributed by atoms with van der Waals surface area (Å²) in [6.45, 7) is 11.6. The highest BCUT2D eigenvalue weighted by Gasteiger charge is 2.36. The van der Waals surface area contributed by atoms with Crippen LogP contribution in [0.1, 0.15) is 30.5 Å². The molecule has 9 aromatic rings. The van der Waals surface area contributed by atoms with Gasteiger partial charge in [0.05, 0.1) is 0 Å². The molecule has 0 fully saturated rings. The molecule has 0 spiro atoms. The van der Waals surface area contributed by atoms with Crippen molar-refractivity contribution >= 4 is 35.9 Å². The Morgan fingerprint density at radius 2 is 0.790 bits per heavy atom. The molecule has 0 aliphatic heterocycles. The zero-order valence-electron chi connectivity index (χ0n) is 36.1. The minimum absolute atomic E-state index is 0.184. The average molecular weight is 812 g/mol. The molecule has 10 rings (SSSR count). The van der Waals surface area contributed by atoms with E-state index in [1.807, 2.05) is 0 Å². The van der Waals surface area contributed by atoms with Crippen LogP contribution in [0.3, 0.4) is 0 Å². The Bertz CT molecular complexity index is 3140. The van der Waals surface area contributed by atoms with Gasteiger partial charge in [-0.25, -0.2) is 0 Å². The molecule has 0 heterocycles. The van der Waals surface area contributed by atoms with E-state index in [-0.39, 0.29) is 5.41 Å². The lowest BCUT2D eigenvalue weighted by molar-refractivity contribution is 0.660. The van der Waals surface area contributed by atoms with Crippen LogP contribution in [0.4, 0.5) is 17.1 Å². The molecule has 0 aromatic heterocycles. The number of hydrogen-bond donors (Lipinski definition) is 0. The summed E-state index contributed by atoms with van der Waals surface area (Å²) in [7, 11) is -1.42. The van der Waals surface area contributed by atoms with Gasteiger partial charge in [0.1, 0.15) is 8.07 Å². The normalized spacial score (nSPS) is 12.6. The van der Waals surface area contributed by atoms with Crippen LogP contribution in [0.25, 0.3) is 66.4 Å². The second-order valence-electron chi connectivity index (χ2n) is 18.1. The molecule has 0 saturated heterocycles. The molecule has 9 aromatic carbocycles. The van der Waals surface area contributed by atoms with Crippen LogP contribution in [0.15, 0.2) is 206 Å². The molecule has 0 amide bonds. The number of rotatable bonds is 7. The van der Waals surface area contributed by atoms with Crippen molar-refractivity contribution in [2.75, 3.05) is 4.90 Å². The molecule has 1 aliphatic carbocycles. The highest BCUT2D eigenvalue weighted by molar-refractivity contribution is 6.83. The molecule has 1 nitrogen and oxygen atoms in total.